The Kier molecular flexibility index (Phi) is 2.38. The van der Waals surface area contributed by atoms with Crippen molar-refractivity contribution in [1.29, 1.82) is 0 Å². The maximum absolute atomic E-state index is 12.0. The maximum Gasteiger partial charge on any atom is 0.573 e. The zero-order chi connectivity index (χ0) is 11.1. The van der Waals surface area contributed by atoms with Gasteiger partial charge >= 0.3 is 6.36 Å². The summed E-state index contributed by atoms with van der Waals surface area (Å²) in [5.74, 6) is -0.252. The Morgan fingerprint density at radius 1 is 1.27 bits per heavy atom. The van der Waals surface area contributed by atoms with Gasteiger partial charge in [0.2, 0.25) is 0 Å². The summed E-state index contributed by atoms with van der Waals surface area (Å²) >= 11 is 3.02. The molecule has 6 heteroatoms. The number of benzene rings is 1. The number of hydrogen-bond acceptors (Lipinski definition) is 1. The Bertz CT molecular complexity index is 492. The highest BCUT2D eigenvalue weighted by Crippen LogP contribution is 2.33. The van der Waals surface area contributed by atoms with Gasteiger partial charge in [0.05, 0.1) is 4.47 Å². The molecule has 1 heterocycles. The number of H-pyrrole nitrogens is 1. The van der Waals surface area contributed by atoms with E-state index in [1.165, 1.54) is 6.07 Å². The van der Waals surface area contributed by atoms with Crippen LogP contribution in [0.5, 0.6) is 5.75 Å². The Morgan fingerprint density at radius 2 is 2.00 bits per heavy atom. The zero-order valence-electron chi connectivity index (χ0n) is 7.23. The van der Waals surface area contributed by atoms with E-state index >= 15 is 0 Å². The molecule has 0 fully saturated rings. The SMILES string of the molecule is FC(F)(F)Oc1cc2[nH]ccc2cc1Br. The molecule has 0 atom stereocenters. The molecule has 0 aliphatic heterocycles. The second-order valence-corrected chi connectivity index (χ2v) is 3.75. The van der Waals surface area contributed by atoms with Crippen LogP contribution in [0.15, 0.2) is 28.9 Å². The molecule has 2 rings (SSSR count). The van der Waals surface area contributed by atoms with Gasteiger partial charge in [-0.15, -0.1) is 13.2 Å². The van der Waals surface area contributed by atoms with E-state index < -0.39 is 6.36 Å². The van der Waals surface area contributed by atoms with Gasteiger partial charge in [-0.3, -0.25) is 0 Å². The molecular formula is C9H5BrF3NO. The van der Waals surface area contributed by atoms with Gasteiger partial charge in [-0.2, -0.15) is 0 Å². The average Bonchev–Trinajstić information content (AvgIpc) is 2.49. The van der Waals surface area contributed by atoms with Gasteiger partial charge in [0.25, 0.3) is 0 Å². The topological polar surface area (TPSA) is 25.0 Å². The number of aromatic amines is 1. The van der Waals surface area contributed by atoms with E-state index in [2.05, 4.69) is 25.7 Å². The van der Waals surface area contributed by atoms with Crippen LogP contribution in [0, 0.1) is 0 Å². The van der Waals surface area contributed by atoms with Crippen molar-refractivity contribution in [2.45, 2.75) is 6.36 Å². The molecule has 1 aromatic heterocycles. The molecule has 0 unspecified atom stereocenters. The first kappa shape index (κ1) is 10.4. The molecule has 0 aliphatic rings. The zero-order valence-corrected chi connectivity index (χ0v) is 8.82. The summed E-state index contributed by atoms with van der Waals surface area (Å²) in [7, 11) is 0. The minimum Gasteiger partial charge on any atom is -0.405 e. The van der Waals surface area contributed by atoms with Crippen molar-refractivity contribution < 1.29 is 17.9 Å². The lowest BCUT2D eigenvalue weighted by molar-refractivity contribution is -0.274. The van der Waals surface area contributed by atoms with E-state index in [0.29, 0.717) is 5.52 Å². The molecule has 0 amide bonds. The third kappa shape index (κ3) is 2.26. The predicted octanol–water partition coefficient (Wildman–Crippen LogP) is 3.83. The Labute approximate surface area is 91.2 Å². The third-order valence-corrected chi connectivity index (χ3v) is 2.45. The summed E-state index contributed by atoms with van der Waals surface area (Å²) in [6.45, 7) is 0. The lowest BCUT2D eigenvalue weighted by Crippen LogP contribution is -2.17. The summed E-state index contributed by atoms with van der Waals surface area (Å²) < 4.78 is 40.1. The third-order valence-electron chi connectivity index (χ3n) is 1.83. The summed E-state index contributed by atoms with van der Waals surface area (Å²) in [5, 5.41) is 0.816. The number of ether oxygens (including phenoxy) is 1. The van der Waals surface area contributed by atoms with Crippen LogP contribution in [-0.2, 0) is 0 Å². The molecule has 1 aromatic carbocycles. The first-order valence-corrected chi connectivity index (χ1v) is 4.77. The maximum atomic E-state index is 12.0. The molecule has 0 radical (unpaired) electrons. The predicted molar refractivity (Wildman–Crippen MR) is 52.7 cm³/mol. The average molecular weight is 280 g/mol. The molecule has 0 saturated carbocycles. The minimum absolute atomic E-state index is 0.252. The van der Waals surface area contributed by atoms with E-state index in [1.807, 2.05) is 0 Å². The van der Waals surface area contributed by atoms with Crippen LogP contribution in [0.25, 0.3) is 10.9 Å². The number of rotatable bonds is 1. The highest BCUT2D eigenvalue weighted by Gasteiger charge is 2.32. The van der Waals surface area contributed by atoms with E-state index in [-0.39, 0.29) is 10.2 Å². The van der Waals surface area contributed by atoms with Crippen LogP contribution in [0.4, 0.5) is 13.2 Å². The molecule has 2 aromatic rings. The quantitative estimate of drug-likeness (QED) is 0.843. The van der Waals surface area contributed by atoms with Crippen LogP contribution in [0.3, 0.4) is 0 Å². The number of halogens is 4. The van der Waals surface area contributed by atoms with Crippen molar-refractivity contribution in [1.82, 2.24) is 4.98 Å². The molecule has 1 N–H and O–H groups in total. The highest BCUT2D eigenvalue weighted by molar-refractivity contribution is 9.10. The van der Waals surface area contributed by atoms with Crippen molar-refractivity contribution >= 4 is 26.8 Å². The summed E-state index contributed by atoms with van der Waals surface area (Å²) in [6, 6.07) is 4.62. The van der Waals surface area contributed by atoms with Gasteiger partial charge in [-0.05, 0) is 28.1 Å². The molecule has 80 valence electrons. The summed E-state index contributed by atoms with van der Waals surface area (Å²) in [6.07, 6.45) is -3.03. The van der Waals surface area contributed by atoms with Gasteiger partial charge in [0, 0.05) is 23.2 Å². The smallest absolute Gasteiger partial charge is 0.405 e. The molecule has 2 nitrogen and oxygen atoms in total. The van der Waals surface area contributed by atoms with E-state index in [1.54, 1.807) is 18.3 Å². The first-order chi connectivity index (χ1) is 6.96. The number of nitrogens with one attached hydrogen (secondary N) is 1. The summed E-state index contributed by atoms with van der Waals surface area (Å²) in [4.78, 5) is 2.80. The largest absolute Gasteiger partial charge is 0.573 e. The van der Waals surface area contributed by atoms with Crippen LogP contribution < -0.4 is 4.74 Å². The van der Waals surface area contributed by atoms with Crippen LogP contribution >= 0.6 is 15.9 Å². The number of hydrogen-bond donors (Lipinski definition) is 1. The minimum atomic E-state index is -4.68. The monoisotopic (exact) mass is 279 g/mol. The van der Waals surface area contributed by atoms with Crippen molar-refractivity contribution in [2.75, 3.05) is 0 Å². The molecule has 0 aliphatic carbocycles. The van der Waals surface area contributed by atoms with E-state index in [9.17, 15) is 13.2 Å². The Hall–Kier alpha value is -1.17. The lowest BCUT2D eigenvalue weighted by atomic mass is 10.2. The van der Waals surface area contributed by atoms with Crippen LogP contribution in [0.2, 0.25) is 0 Å². The molecule has 15 heavy (non-hydrogen) atoms. The van der Waals surface area contributed by atoms with Crippen molar-refractivity contribution in [3.8, 4) is 5.75 Å². The Morgan fingerprint density at radius 3 is 2.67 bits per heavy atom. The fourth-order valence-electron chi connectivity index (χ4n) is 1.26. The molecular weight excluding hydrogens is 275 g/mol. The van der Waals surface area contributed by atoms with Gasteiger partial charge in [0.1, 0.15) is 5.75 Å². The highest BCUT2D eigenvalue weighted by atomic mass is 79.9. The fourth-order valence-corrected chi connectivity index (χ4v) is 1.70. The first-order valence-electron chi connectivity index (χ1n) is 3.98. The van der Waals surface area contributed by atoms with Gasteiger partial charge in [0.15, 0.2) is 0 Å². The van der Waals surface area contributed by atoms with Gasteiger partial charge in [-0.25, -0.2) is 0 Å². The van der Waals surface area contributed by atoms with E-state index in [0.717, 1.165) is 5.39 Å². The van der Waals surface area contributed by atoms with Crippen molar-refractivity contribution in [2.24, 2.45) is 0 Å². The van der Waals surface area contributed by atoms with Crippen molar-refractivity contribution in [3.63, 3.8) is 0 Å². The standard InChI is InChI=1S/C9H5BrF3NO/c10-6-3-5-1-2-14-7(5)4-8(6)15-9(11,12)13/h1-4,14H. The molecule has 0 bridgehead atoms. The van der Waals surface area contributed by atoms with E-state index in [4.69, 9.17) is 0 Å². The number of fused-ring (bicyclic) bond motifs is 1. The fraction of sp³-hybridized carbons (Fsp3) is 0.111. The van der Waals surface area contributed by atoms with Crippen LogP contribution in [-0.4, -0.2) is 11.3 Å². The second-order valence-electron chi connectivity index (χ2n) is 2.90. The molecule has 0 spiro atoms. The van der Waals surface area contributed by atoms with Crippen LogP contribution in [0.1, 0.15) is 0 Å². The normalized spacial score (nSPS) is 12.0. The summed E-state index contributed by atoms with van der Waals surface area (Å²) in [5.41, 5.74) is 0.595. The molecule has 0 saturated heterocycles. The number of alkyl halides is 3. The van der Waals surface area contributed by atoms with Crippen molar-refractivity contribution in [3.05, 3.63) is 28.9 Å². The second kappa shape index (κ2) is 3.44. The lowest BCUT2D eigenvalue weighted by Gasteiger charge is -2.10. The number of aromatic nitrogens is 1. The van der Waals surface area contributed by atoms with Gasteiger partial charge < -0.3 is 9.72 Å². The Balaban J connectivity index is 2.46. The van der Waals surface area contributed by atoms with Gasteiger partial charge in [-0.1, -0.05) is 0 Å².